The Morgan fingerprint density at radius 1 is 1.50 bits per heavy atom. The maximum absolute atomic E-state index is 11.3. The van der Waals surface area contributed by atoms with Gasteiger partial charge in [-0.25, -0.2) is 19.2 Å². The molecule has 1 aromatic heterocycles. The van der Waals surface area contributed by atoms with Crippen LogP contribution in [-0.2, 0) is 14.9 Å². The smallest absolute Gasteiger partial charge is 0.422 e. The SMILES string of the molecule is COC(=O)NS(=O)(=O)Nc1cccc(Cl)n1. The molecule has 0 saturated carbocycles. The van der Waals surface area contributed by atoms with Crippen LogP contribution in [0.1, 0.15) is 0 Å². The lowest BCUT2D eigenvalue weighted by molar-refractivity contribution is 0.177. The molecule has 88 valence electrons. The zero-order valence-corrected chi connectivity index (χ0v) is 9.67. The molecule has 0 fully saturated rings. The fourth-order valence-electron chi connectivity index (χ4n) is 0.780. The van der Waals surface area contributed by atoms with Crippen molar-refractivity contribution >= 4 is 33.7 Å². The van der Waals surface area contributed by atoms with E-state index >= 15 is 0 Å². The number of hydrogen-bond acceptors (Lipinski definition) is 5. The van der Waals surface area contributed by atoms with Gasteiger partial charge < -0.3 is 4.74 Å². The van der Waals surface area contributed by atoms with Gasteiger partial charge in [-0.15, -0.1) is 0 Å². The van der Waals surface area contributed by atoms with Gasteiger partial charge >= 0.3 is 16.3 Å². The minimum Gasteiger partial charge on any atom is -0.452 e. The predicted molar refractivity (Wildman–Crippen MR) is 57.3 cm³/mol. The zero-order chi connectivity index (χ0) is 12.2. The first-order chi connectivity index (χ1) is 7.43. The normalized spacial score (nSPS) is 10.6. The van der Waals surface area contributed by atoms with Crippen molar-refractivity contribution in [1.29, 1.82) is 0 Å². The summed E-state index contributed by atoms with van der Waals surface area (Å²) in [5.74, 6) is -0.0103. The molecule has 0 unspecified atom stereocenters. The van der Waals surface area contributed by atoms with Crippen molar-refractivity contribution in [2.45, 2.75) is 0 Å². The van der Waals surface area contributed by atoms with Crippen LogP contribution in [0.25, 0.3) is 0 Å². The summed E-state index contributed by atoms with van der Waals surface area (Å²) in [6.45, 7) is 0. The van der Waals surface area contributed by atoms with Crippen LogP contribution in [0, 0.1) is 0 Å². The van der Waals surface area contributed by atoms with Gasteiger partial charge in [-0.05, 0) is 12.1 Å². The molecule has 9 heteroatoms. The third kappa shape index (κ3) is 3.91. The second-order valence-electron chi connectivity index (χ2n) is 2.54. The highest BCUT2D eigenvalue weighted by molar-refractivity contribution is 7.91. The Bertz CT molecular complexity index is 490. The summed E-state index contributed by atoms with van der Waals surface area (Å²) in [6.07, 6.45) is -1.10. The first kappa shape index (κ1) is 12.5. The molecule has 2 N–H and O–H groups in total. The van der Waals surface area contributed by atoms with Crippen LogP contribution in [0.3, 0.4) is 0 Å². The number of amides is 1. The Balaban J connectivity index is 2.77. The van der Waals surface area contributed by atoms with Crippen molar-refractivity contribution in [3.63, 3.8) is 0 Å². The van der Waals surface area contributed by atoms with Gasteiger partial charge in [0.1, 0.15) is 11.0 Å². The van der Waals surface area contributed by atoms with Crippen molar-refractivity contribution in [2.24, 2.45) is 0 Å². The highest BCUT2D eigenvalue weighted by Gasteiger charge is 2.14. The fraction of sp³-hybridized carbons (Fsp3) is 0.143. The average Bonchev–Trinajstić information content (AvgIpc) is 2.15. The molecule has 1 amide bonds. The number of ether oxygens (including phenoxy) is 1. The van der Waals surface area contributed by atoms with E-state index in [2.05, 4.69) is 9.72 Å². The number of carbonyl (C=O) groups is 1. The molecule has 1 rings (SSSR count). The van der Waals surface area contributed by atoms with Crippen molar-refractivity contribution in [2.75, 3.05) is 11.8 Å². The molecule has 1 heterocycles. The molecule has 0 saturated heterocycles. The fourth-order valence-corrected chi connectivity index (χ4v) is 1.69. The van der Waals surface area contributed by atoms with Crippen molar-refractivity contribution in [1.82, 2.24) is 9.71 Å². The number of halogens is 1. The number of nitrogens with zero attached hydrogens (tertiary/aromatic N) is 1. The molecule has 0 aromatic carbocycles. The number of hydrogen-bond donors (Lipinski definition) is 2. The molecule has 0 atom stereocenters. The molecule has 1 aromatic rings. The lowest BCUT2D eigenvalue weighted by atomic mass is 10.5. The Kier molecular flexibility index (Phi) is 3.91. The van der Waals surface area contributed by atoms with Gasteiger partial charge in [0.2, 0.25) is 0 Å². The topological polar surface area (TPSA) is 97.4 Å². The Morgan fingerprint density at radius 2 is 2.19 bits per heavy atom. The van der Waals surface area contributed by atoms with Crippen LogP contribution in [0.4, 0.5) is 10.6 Å². The van der Waals surface area contributed by atoms with Crippen LogP contribution in [0.5, 0.6) is 0 Å². The molecule has 0 aliphatic carbocycles. The molecular weight excluding hydrogens is 258 g/mol. The molecule has 16 heavy (non-hydrogen) atoms. The van der Waals surface area contributed by atoms with Crippen LogP contribution in [0.15, 0.2) is 18.2 Å². The van der Waals surface area contributed by atoms with Crippen molar-refractivity contribution < 1.29 is 17.9 Å². The maximum atomic E-state index is 11.3. The van der Waals surface area contributed by atoms with E-state index in [9.17, 15) is 13.2 Å². The Hall–Kier alpha value is -1.54. The lowest BCUT2D eigenvalue weighted by Gasteiger charge is -2.07. The summed E-state index contributed by atoms with van der Waals surface area (Å²) in [4.78, 5) is 14.4. The number of carbonyl (C=O) groups excluding carboxylic acids is 1. The van der Waals surface area contributed by atoms with Gasteiger partial charge in [0.25, 0.3) is 0 Å². The minimum absolute atomic E-state index is 0.0103. The zero-order valence-electron chi connectivity index (χ0n) is 8.10. The van der Waals surface area contributed by atoms with E-state index in [1.165, 1.54) is 18.2 Å². The van der Waals surface area contributed by atoms with Crippen LogP contribution < -0.4 is 9.44 Å². The van der Waals surface area contributed by atoms with Gasteiger partial charge in [0.15, 0.2) is 0 Å². The lowest BCUT2D eigenvalue weighted by Crippen LogP contribution is -2.35. The summed E-state index contributed by atoms with van der Waals surface area (Å²) in [6, 6.07) is 4.36. The summed E-state index contributed by atoms with van der Waals surface area (Å²) in [5, 5.41) is 0.123. The Morgan fingerprint density at radius 3 is 2.75 bits per heavy atom. The second-order valence-corrected chi connectivity index (χ2v) is 4.35. The molecule has 0 radical (unpaired) electrons. The van der Waals surface area contributed by atoms with Gasteiger partial charge in [0.05, 0.1) is 7.11 Å². The second kappa shape index (κ2) is 4.99. The maximum Gasteiger partial charge on any atom is 0.422 e. The number of anilines is 1. The average molecular weight is 266 g/mol. The molecular formula is C7H8ClN3O4S. The van der Waals surface area contributed by atoms with Crippen LogP contribution in [-0.4, -0.2) is 26.6 Å². The number of aromatic nitrogens is 1. The van der Waals surface area contributed by atoms with E-state index in [1.807, 2.05) is 4.72 Å². The largest absolute Gasteiger partial charge is 0.452 e. The third-order valence-electron chi connectivity index (χ3n) is 1.36. The van der Waals surface area contributed by atoms with Crippen LogP contribution in [0.2, 0.25) is 5.15 Å². The molecule has 0 bridgehead atoms. The number of nitrogens with one attached hydrogen (secondary N) is 2. The number of pyridine rings is 1. The van der Waals surface area contributed by atoms with E-state index in [1.54, 1.807) is 4.72 Å². The summed E-state index contributed by atoms with van der Waals surface area (Å²) in [7, 11) is -3.01. The first-order valence-electron chi connectivity index (χ1n) is 3.94. The predicted octanol–water partition coefficient (Wildman–Crippen LogP) is 0.748. The number of methoxy groups -OCH3 is 1. The van der Waals surface area contributed by atoms with Gasteiger partial charge in [-0.1, -0.05) is 17.7 Å². The number of rotatable bonds is 3. The van der Waals surface area contributed by atoms with E-state index in [0.29, 0.717) is 0 Å². The highest BCUT2D eigenvalue weighted by Crippen LogP contribution is 2.09. The highest BCUT2D eigenvalue weighted by atomic mass is 35.5. The minimum atomic E-state index is -4.06. The van der Waals surface area contributed by atoms with Crippen molar-refractivity contribution in [3.8, 4) is 0 Å². The van der Waals surface area contributed by atoms with Crippen LogP contribution >= 0.6 is 11.6 Å². The molecule has 7 nitrogen and oxygen atoms in total. The quantitative estimate of drug-likeness (QED) is 0.786. The van der Waals surface area contributed by atoms with Gasteiger partial charge in [0, 0.05) is 0 Å². The Labute approximate surface area is 97.0 Å². The molecule has 0 spiro atoms. The van der Waals surface area contributed by atoms with Crippen molar-refractivity contribution in [3.05, 3.63) is 23.4 Å². The van der Waals surface area contributed by atoms with Gasteiger partial charge in [-0.2, -0.15) is 8.42 Å². The molecule has 0 aliphatic heterocycles. The first-order valence-corrected chi connectivity index (χ1v) is 5.80. The molecule has 0 aliphatic rings. The summed E-state index contributed by atoms with van der Waals surface area (Å²) in [5.41, 5.74) is 0. The van der Waals surface area contributed by atoms with E-state index in [4.69, 9.17) is 11.6 Å². The van der Waals surface area contributed by atoms with E-state index in [-0.39, 0.29) is 11.0 Å². The monoisotopic (exact) mass is 265 g/mol. The van der Waals surface area contributed by atoms with E-state index in [0.717, 1.165) is 7.11 Å². The summed E-state index contributed by atoms with van der Waals surface area (Å²) >= 11 is 5.55. The third-order valence-corrected chi connectivity index (χ3v) is 2.48. The van der Waals surface area contributed by atoms with Gasteiger partial charge in [-0.3, -0.25) is 0 Å². The summed E-state index contributed by atoms with van der Waals surface area (Å²) < 4.78 is 30.3. The van der Waals surface area contributed by atoms with E-state index < -0.39 is 16.3 Å². The standard InChI is InChI=1S/C7H8ClN3O4S/c1-15-7(12)11-16(13,14)10-6-4-2-3-5(8)9-6/h2-4H,1H3,(H,9,10)(H,11,12).